The van der Waals surface area contributed by atoms with E-state index in [0.717, 1.165) is 0 Å². The van der Waals surface area contributed by atoms with Crippen molar-refractivity contribution in [3.63, 3.8) is 0 Å². The molecule has 0 bridgehead atoms. The van der Waals surface area contributed by atoms with Crippen molar-refractivity contribution in [1.29, 1.82) is 0 Å². The number of halogens is 3. The largest absolute Gasteiger partial charge is 0.459 e. The summed E-state index contributed by atoms with van der Waals surface area (Å²) in [5, 5.41) is 0.627. The van der Waals surface area contributed by atoms with Crippen molar-refractivity contribution in [2.75, 3.05) is 13.7 Å². The molecule has 0 saturated carbocycles. The summed E-state index contributed by atoms with van der Waals surface area (Å²) in [6, 6.07) is 4.46. The maximum Gasteiger partial charge on any atom is 0.339 e. The minimum absolute atomic E-state index is 0.0575. The molecule has 1 fully saturated rings. The summed E-state index contributed by atoms with van der Waals surface area (Å²) in [6.07, 6.45) is -2.52. The standard InChI is InChI=1S/C13H13Cl2FO4/c1-18-13-11(16)5-8(20-13)6-19-12(17)9-3-2-7(14)4-10(9)15/h2-4,8,11,13H,5-6H2,1H3/t8-,11-,13?/m0/s1. The lowest BCUT2D eigenvalue weighted by molar-refractivity contribution is -0.141. The zero-order valence-corrected chi connectivity index (χ0v) is 12.2. The fraction of sp³-hybridized carbons (Fsp3) is 0.462. The smallest absolute Gasteiger partial charge is 0.339 e. The fourth-order valence-electron chi connectivity index (χ4n) is 1.90. The summed E-state index contributed by atoms with van der Waals surface area (Å²) in [5.74, 6) is -0.605. The van der Waals surface area contributed by atoms with E-state index in [0.29, 0.717) is 5.02 Å². The van der Waals surface area contributed by atoms with Gasteiger partial charge in [-0.3, -0.25) is 0 Å². The molecular weight excluding hydrogens is 310 g/mol. The number of methoxy groups -OCH3 is 1. The number of carbonyl (C=O) groups excluding carboxylic acids is 1. The number of carbonyl (C=O) groups is 1. The molecule has 1 heterocycles. The molecule has 1 aliphatic rings. The maximum atomic E-state index is 13.4. The molecule has 1 aromatic carbocycles. The molecule has 0 amide bonds. The van der Waals surface area contributed by atoms with E-state index in [1.54, 1.807) is 0 Å². The molecule has 1 aliphatic heterocycles. The van der Waals surface area contributed by atoms with E-state index in [9.17, 15) is 9.18 Å². The van der Waals surface area contributed by atoms with Gasteiger partial charge in [0.05, 0.1) is 16.7 Å². The first-order chi connectivity index (χ1) is 9.51. The van der Waals surface area contributed by atoms with Crippen LogP contribution in [-0.2, 0) is 14.2 Å². The lowest BCUT2D eigenvalue weighted by atomic mass is 10.2. The van der Waals surface area contributed by atoms with Crippen molar-refractivity contribution in [1.82, 2.24) is 0 Å². The molecule has 110 valence electrons. The highest BCUT2D eigenvalue weighted by atomic mass is 35.5. The minimum atomic E-state index is -1.22. The van der Waals surface area contributed by atoms with Crippen molar-refractivity contribution in [3.05, 3.63) is 33.8 Å². The van der Waals surface area contributed by atoms with Crippen LogP contribution in [0.15, 0.2) is 18.2 Å². The molecular formula is C13H13Cl2FO4. The second kappa shape index (κ2) is 6.72. The third-order valence-corrected chi connectivity index (χ3v) is 3.44. The normalized spacial score (nSPS) is 25.7. The van der Waals surface area contributed by atoms with Crippen LogP contribution in [0, 0.1) is 0 Å². The number of alkyl halides is 1. The number of hydrogen-bond acceptors (Lipinski definition) is 4. The first-order valence-corrected chi connectivity index (χ1v) is 6.71. The van der Waals surface area contributed by atoms with Gasteiger partial charge in [-0.25, -0.2) is 9.18 Å². The molecule has 3 atom stereocenters. The first-order valence-electron chi connectivity index (χ1n) is 5.95. The molecule has 1 unspecified atom stereocenters. The Hall–Kier alpha value is -0.880. The Kier molecular flexibility index (Phi) is 5.21. The second-order valence-corrected chi connectivity index (χ2v) is 5.18. The number of esters is 1. The summed E-state index contributed by atoms with van der Waals surface area (Å²) in [7, 11) is 1.36. The van der Waals surface area contributed by atoms with Crippen LogP contribution in [0.1, 0.15) is 16.8 Å². The highest BCUT2D eigenvalue weighted by Crippen LogP contribution is 2.25. The number of benzene rings is 1. The Morgan fingerprint density at radius 3 is 2.85 bits per heavy atom. The van der Waals surface area contributed by atoms with Gasteiger partial charge in [-0.1, -0.05) is 23.2 Å². The van der Waals surface area contributed by atoms with Gasteiger partial charge >= 0.3 is 5.97 Å². The number of rotatable bonds is 4. The Morgan fingerprint density at radius 2 is 2.25 bits per heavy atom. The molecule has 1 saturated heterocycles. The van der Waals surface area contributed by atoms with Crippen molar-refractivity contribution in [2.24, 2.45) is 0 Å². The number of hydrogen-bond donors (Lipinski definition) is 0. The Morgan fingerprint density at radius 1 is 1.50 bits per heavy atom. The van der Waals surface area contributed by atoms with E-state index >= 15 is 0 Å². The molecule has 20 heavy (non-hydrogen) atoms. The van der Waals surface area contributed by atoms with Gasteiger partial charge in [-0.2, -0.15) is 0 Å². The predicted octanol–water partition coefficient (Wildman–Crippen LogP) is 3.25. The Bertz CT molecular complexity index is 497. The third-order valence-electron chi connectivity index (χ3n) is 2.89. The Balaban J connectivity index is 1.90. The van der Waals surface area contributed by atoms with Gasteiger partial charge in [0, 0.05) is 18.6 Å². The van der Waals surface area contributed by atoms with Gasteiger partial charge in [0.25, 0.3) is 0 Å². The summed E-state index contributed by atoms with van der Waals surface area (Å²) >= 11 is 11.6. The maximum absolute atomic E-state index is 13.4. The molecule has 0 aromatic heterocycles. The van der Waals surface area contributed by atoms with Crippen molar-refractivity contribution >= 4 is 29.2 Å². The predicted molar refractivity (Wildman–Crippen MR) is 71.9 cm³/mol. The quantitative estimate of drug-likeness (QED) is 0.798. The van der Waals surface area contributed by atoms with E-state index in [-0.39, 0.29) is 23.6 Å². The van der Waals surface area contributed by atoms with Crippen LogP contribution in [0.2, 0.25) is 10.0 Å². The molecule has 0 radical (unpaired) electrons. The summed E-state index contributed by atoms with van der Waals surface area (Å²) in [6.45, 7) is -0.0575. The van der Waals surface area contributed by atoms with E-state index < -0.39 is 24.5 Å². The SMILES string of the molecule is COC1O[C@H](COC(=O)c2ccc(Cl)cc2Cl)C[C@@H]1F. The van der Waals surface area contributed by atoms with Gasteiger partial charge in [0.1, 0.15) is 6.61 Å². The van der Waals surface area contributed by atoms with Crippen LogP contribution < -0.4 is 0 Å². The zero-order valence-electron chi connectivity index (χ0n) is 10.6. The zero-order chi connectivity index (χ0) is 14.7. The minimum Gasteiger partial charge on any atom is -0.459 e. The van der Waals surface area contributed by atoms with E-state index in [4.69, 9.17) is 37.4 Å². The third kappa shape index (κ3) is 3.61. The van der Waals surface area contributed by atoms with Gasteiger partial charge in [0.15, 0.2) is 12.5 Å². The summed E-state index contributed by atoms with van der Waals surface area (Å²) < 4.78 is 28.5. The molecule has 0 spiro atoms. The first kappa shape index (κ1) is 15.5. The highest BCUT2D eigenvalue weighted by Gasteiger charge is 2.36. The lowest BCUT2D eigenvalue weighted by Crippen LogP contribution is -2.21. The van der Waals surface area contributed by atoms with Crippen LogP contribution in [0.5, 0.6) is 0 Å². The van der Waals surface area contributed by atoms with Crippen LogP contribution >= 0.6 is 23.2 Å². The highest BCUT2D eigenvalue weighted by molar-refractivity contribution is 6.36. The average molecular weight is 323 g/mol. The van der Waals surface area contributed by atoms with Gasteiger partial charge in [-0.05, 0) is 18.2 Å². The number of ether oxygens (including phenoxy) is 3. The van der Waals surface area contributed by atoms with E-state index in [2.05, 4.69) is 0 Å². The van der Waals surface area contributed by atoms with Crippen molar-refractivity contribution in [2.45, 2.75) is 25.0 Å². The van der Waals surface area contributed by atoms with Crippen LogP contribution in [0.25, 0.3) is 0 Å². The Labute approximate surface area is 125 Å². The molecule has 1 aromatic rings. The molecule has 0 aliphatic carbocycles. The van der Waals surface area contributed by atoms with Gasteiger partial charge in [-0.15, -0.1) is 0 Å². The second-order valence-electron chi connectivity index (χ2n) is 4.34. The van der Waals surface area contributed by atoms with E-state index in [1.165, 1.54) is 25.3 Å². The van der Waals surface area contributed by atoms with Crippen LogP contribution in [0.4, 0.5) is 4.39 Å². The molecule has 2 rings (SSSR count). The van der Waals surface area contributed by atoms with E-state index in [1.807, 2.05) is 0 Å². The van der Waals surface area contributed by atoms with Crippen LogP contribution in [-0.4, -0.2) is 38.3 Å². The fourth-order valence-corrected chi connectivity index (χ4v) is 2.39. The van der Waals surface area contributed by atoms with Gasteiger partial charge < -0.3 is 14.2 Å². The van der Waals surface area contributed by atoms with Gasteiger partial charge in [0.2, 0.25) is 0 Å². The lowest BCUT2D eigenvalue weighted by Gasteiger charge is -2.13. The summed E-state index contributed by atoms with van der Waals surface area (Å²) in [4.78, 5) is 11.8. The van der Waals surface area contributed by atoms with Crippen molar-refractivity contribution < 1.29 is 23.4 Å². The van der Waals surface area contributed by atoms with Crippen LogP contribution in [0.3, 0.4) is 0 Å². The summed E-state index contributed by atoms with van der Waals surface area (Å²) in [5.41, 5.74) is 0.203. The molecule has 7 heteroatoms. The van der Waals surface area contributed by atoms with Crippen molar-refractivity contribution in [3.8, 4) is 0 Å². The molecule has 0 N–H and O–H groups in total. The topological polar surface area (TPSA) is 44.8 Å². The average Bonchev–Trinajstić information content (AvgIpc) is 2.76. The monoisotopic (exact) mass is 322 g/mol. The molecule has 4 nitrogen and oxygen atoms in total.